The van der Waals surface area contributed by atoms with E-state index >= 15 is 0 Å². The quantitative estimate of drug-likeness (QED) is 0.242. The molecule has 0 aliphatic rings. The highest BCUT2D eigenvalue weighted by Gasteiger charge is 2.16. The number of methoxy groups -OCH3 is 1. The summed E-state index contributed by atoms with van der Waals surface area (Å²) in [7, 11) is 1.65. The summed E-state index contributed by atoms with van der Waals surface area (Å²) in [6, 6.07) is 23.0. The summed E-state index contributed by atoms with van der Waals surface area (Å²) in [5.74, 6) is 2.37. The van der Waals surface area contributed by atoms with Crippen LogP contribution in [-0.2, 0) is 23.6 Å². The topological polar surface area (TPSA) is 94.9 Å². The number of fused-ring (bicyclic) bond motifs is 1. The largest absolute Gasteiger partial charge is 0.485 e. The van der Waals surface area contributed by atoms with Gasteiger partial charge in [-0.05, 0) is 29.8 Å². The van der Waals surface area contributed by atoms with Crippen LogP contribution in [0.25, 0.3) is 22.0 Å². The first-order valence-corrected chi connectivity index (χ1v) is 13.0. The van der Waals surface area contributed by atoms with Crippen LogP contribution in [0.15, 0.2) is 82.7 Å². The molecule has 10 heteroatoms. The van der Waals surface area contributed by atoms with Crippen LogP contribution in [0.1, 0.15) is 11.6 Å². The second kappa shape index (κ2) is 11.6. The van der Waals surface area contributed by atoms with Crippen LogP contribution < -0.4 is 10.3 Å². The maximum Gasteiger partial charge on any atom is 0.258 e. The third-order valence-corrected chi connectivity index (χ3v) is 6.91. The fourth-order valence-electron chi connectivity index (χ4n) is 3.89. The Bertz CT molecular complexity index is 1570. The first kappa shape index (κ1) is 25.0. The lowest BCUT2D eigenvalue weighted by molar-refractivity contribution is 0.181. The molecular weight excluding hydrogens is 510 g/mol. The minimum Gasteiger partial charge on any atom is -0.485 e. The van der Waals surface area contributed by atoms with Crippen molar-refractivity contribution in [3.05, 3.63) is 99.8 Å². The van der Waals surface area contributed by atoms with E-state index in [1.54, 1.807) is 25.3 Å². The molecule has 0 atom stereocenters. The van der Waals surface area contributed by atoms with Gasteiger partial charge in [-0.25, -0.2) is 4.98 Å². The van der Waals surface area contributed by atoms with Gasteiger partial charge in [0.2, 0.25) is 0 Å². The Morgan fingerprint density at radius 1 is 1.03 bits per heavy atom. The average molecular weight is 534 g/mol. The monoisotopic (exact) mass is 533 g/mol. The van der Waals surface area contributed by atoms with Crippen molar-refractivity contribution in [1.82, 2.24) is 24.7 Å². The van der Waals surface area contributed by atoms with E-state index in [0.29, 0.717) is 51.6 Å². The van der Waals surface area contributed by atoms with Crippen LogP contribution in [0, 0.1) is 0 Å². The van der Waals surface area contributed by atoms with Gasteiger partial charge in [0.1, 0.15) is 18.2 Å². The third kappa shape index (κ3) is 5.85. The number of ether oxygens (including phenoxy) is 2. The first-order valence-electron chi connectivity index (χ1n) is 11.6. The van der Waals surface area contributed by atoms with Crippen LogP contribution in [0.2, 0.25) is 5.02 Å². The average Bonchev–Trinajstić information content (AvgIpc) is 3.31. The second-order valence-electron chi connectivity index (χ2n) is 8.16. The van der Waals surface area contributed by atoms with Gasteiger partial charge in [0, 0.05) is 24.2 Å². The second-order valence-corrected chi connectivity index (χ2v) is 9.54. The molecule has 0 aliphatic carbocycles. The summed E-state index contributed by atoms with van der Waals surface area (Å²) in [6.07, 6.45) is 0. The number of nitrogens with one attached hydrogen (secondary N) is 1. The van der Waals surface area contributed by atoms with Gasteiger partial charge in [0.15, 0.2) is 11.0 Å². The van der Waals surface area contributed by atoms with Crippen LogP contribution in [-0.4, -0.2) is 38.4 Å². The van der Waals surface area contributed by atoms with Crippen molar-refractivity contribution in [3.63, 3.8) is 0 Å². The van der Waals surface area contributed by atoms with Gasteiger partial charge >= 0.3 is 0 Å². The number of benzene rings is 3. The number of aromatic nitrogens is 5. The smallest absolute Gasteiger partial charge is 0.258 e. The number of nitrogens with zero attached hydrogens (tertiary/aromatic N) is 4. The lowest BCUT2D eigenvalue weighted by Crippen LogP contribution is -2.13. The van der Waals surface area contributed by atoms with Crippen LogP contribution >= 0.6 is 23.4 Å². The van der Waals surface area contributed by atoms with Crippen molar-refractivity contribution in [2.45, 2.75) is 24.1 Å². The summed E-state index contributed by atoms with van der Waals surface area (Å²) in [5, 5.41) is 10.5. The van der Waals surface area contributed by atoms with Crippen molar-refractivity contribution in [2.24, 2.45) is 0 Å². The summed E-state index contributed by atoms with van der Waals surface area (Å²) in [5.41, 5.74) is 2.43. The van der Waals surface area contributed by atoms with Crippen LogP contribution in [0.3, 0.4) is 0 Å². The van der Waals surface area contributed by atoms with Crippen molar-refractivity contribution in [1.29, 1.82) is 0 Å². The molecule has 0 unspecified atom stereocenters. The SMILES string of the molecule is COCCn1c(COc2ccccc2-c2ccccc2)nnc1SCc1nc2cc(Cl)ccc2c(=O)[nH]1. The highest BCUT2D eigenvalue weighted by Crippen LogP contribution is 2.30. The Labute approximate surface area is 222 Å². The highest BCUT2D eigenvalue weighted by molar-refractivity contribution is 7.98. The van der Waals surface area contributed by atoms with Crippen molar-refractivity contribution in [2.75, 3.05) is 13.7 Å². The number of H-pyrrole nitrogens is 1. The van der Waals surface area contributed by atoms with E-state index < -0.39 is 0 Å². The molecule has 3 aromatic carbocycles. The fourth-order valence-corrected chi connectivity index (χ4v) is 4.91. The number of hydrogen-bond acceptors (Lipinski definition) is 7. The van der Waals surface area contributed by atoms with E-state index in [1.807, 2.05) is 47.0 Å². The minimum atomic E-state index is -0.204. The maximum atomic E-state index is 12.5. The Morgan fingerprint density at radius 3 is 2.68 bits per heavy atom. The standard InChI is InChI=1S/C27H24ClN5O3S/c1-35-14-13-33-25(16-36-23-10-6-5-9-20(23)18-7-3-2-4-8-18)31-32-27(33)37-17-24-29-22-15-19(28)11-12-21(22)26(34)30-24/h2-12,15H,13-14,16-17H2,1H3,(H,29,30,34). The zero-order valence-corrected chi connectivity index (χ0v) is 21.6. The molecule has 1 N–H and O–H groups in total. The van der Waals surface area contributed by atoms with Gasteiger partial charge in [-0.3, -0.25) is 4.79 Å². The number of thioether (sulfide) groups is 1. The molecule has 0 aliphatic heterocycles. The molecule has 37 heavy (non-hydrogen) atoms. The van der Waals surface area contributed by atoms with Gasteiger partial charge in [0.25, 0.3) is 5.56 Å². The summed E-state index contributed by atoms with van der Waals surface area (Å²) >= 11 is 7.51. The number of halogens is 1. The van der Waals surface area contributed by atoms with E-state index in [1.165, 1.54) is 11.8 Å². The lowest BCUT2D eigenvalue weighted by atomic mass is 10.1. The summed E-state index contributed by atoms with van der Waals surface area (Å²) < 4.78 is 13.5. The summed E-state index contributed by atoms with van der Waals surface area (Å²) in [4.78, 5) is 19.9. The Kier molecular flexibility index (Phi) is 7.84. The zero-order valence-electron chi connectivity index (χ0n) is 20.1. The van der Waals surface area contributed by atoms with E-state index in [2.05, 4.69) is 32.3 Å². The van der Waals surface area contributed by atoms with Crippen molar-refractivity contribution >= 4 is 34.3 Å². The lowest BCUT2D eigenvalue weighted by Gasteiger charge is -2.13. The molecule has 0 amide bonds. The molecule has 8 nitrogen and oxygen atoms in total. The predicted molar refractivity (Wildman–Crippen MR) is 145 cm³/mol. The molecule has 0 radical (unpaired) electrons. The Morgan fingerprint density at radius 2 is 1.84 bits per heavy atom. The van der Waals surface area contributed by atoms with Crippen molar-refractivity contribution < 1.29 is 9.47 Å². The highest BCUT2D eigenvalue weighted by atomic mass is 35.5. The molecule has 5 rings (SSSR count). The molecule has 2 aromatic heterocycles. The van der Waals surface area contributed by atoms with E-state index in [0.717, 1.165) is 16.9 Å². The van der Waals surface area contributed by atoms with E-state index in [4.69, 9.17) is 21.1 Å². The van der Waals surface area contributed by atoms with E-state index in [-0.39, 0.29) is 12.2 Å². The van der Waals surface area contributed by atoms with Crippen LogP contribution in [0.4, 0.5) is 0 Å². The Balaban J connectivity index is 1.35. The minimum absolute atomic E-state index is 0.204. The number of aromatic amines is 1. The molecule has 0 fully saturated rings. The van der Waals surface area contributed by atoms with E-state index in [9.17, 15) is 4.79 Å². The fraction of sp³-hybridized carbons (Fsp3) is 0.185. The molecule has 0 spiro atoms. The molecule has 2 heterocycles. The Hall–Kier alpha value is -3.66. The molecular formula is C27H24ClN5O3S. The molecule has 0 saturated carbocycles. The van der Waals surface area contributed by atoms with Gasteiger partial charge < -0.3 is 19.0 Å². The van der Waals surface area contributed by atoms with Gasteiger partial charge in [-0.1, -0.05) is 71.9 Å². The molecule has 0 saturated heterocycles. The maximum absolute atomic E-state index is 12.5. The summed E-state index contributed by atoms with van der Waals surface area (Å²) in [6.45, 7) is 1.29. The third-order valence-electron chi connectivity index (χ3n) is 5.70. The number of para-hydroxylation sites is 1. The zero-order chi connectivity index (χ0) is 25.6. The van der Waals surface area contributed by atoms with Crippen molar-refractivity contribution in [3.8, 4) is 16.9 Å². The number of rotatable bonds is 10. The van der Waals surface area contributed by atoms with Gasteiger partial charge in [0.05, 0.1) is 23.3 Å². The molecule has 5 aromatic rings. The molecule has 0 bridgehead atoms. The first-order chi connectivity index (χ1) is 18.1. The normalized spacial score (nSPS) is 11.2. The number of hydrogen-bond donors (Lipinski definition) is 1. The van der Waals surface area contributed by atoms with Gasteiger partial charge in [-0.15, -0.1) is 10.2 Å². The van der Waals surface area contributed by atoms with Gasteiger partial charge in [-0.2, -0.15) is 0 Å². The predicted octanol–water partition coefficient (Wildman–Crippen LogP) is 5.35. The molecule has 188 valence electrons. The van der Waals surface area contributed by atoms with Crippen LogP contribution in [0.5, 0.6) is 5.75 Å².